The summed E-state index contributed by atoms with van der Waals surface area (Å²) in [6.45, 7) is 2.02. The molecule has 1 unspecified atom stereocenters. The van der Waals surface area contributed by atoms with Crippen LogP contribution in [0.3, 0.4) is 0 Å². The second-order valence-corrected chi connectivity index (χ2v) is 9.47. The number of hydrogen-bond acceptors (Lipinski definition) is 4. The molecule has 7 nitrogen and oxygen atoms in total. The SMILES string of the molecule is O=C(NCCOc1ccccc1)c1n[nH]c2c1CCN(C(=O)C1[C@@H]3[C@H]4CC[C@H](C4)[C@H]13)C2. The van der Waals surface area contributed by atoms with Crippen LogP contribution in [-0.2, 0) is 17.8 Å². The monoisotopic (exact) mass is 420 g/mol. The number of carbonyl (C=O) groups is 2. The Hall–Kier alpha value is -2.83. The molecule has 4 aliphatic rings. The molecule has 3 aliphatic carbocycles. The lowest BCUT2D eigenvalue weighted by atomic mass is 9.99. The number of fused-ring (bicyclic) bond motifs is 6. The van der Waals surface area contributed by atoms with E-state index in [0.717, 1.165) is 28.8 Å². The summed E-state index contributed by atoms with van der Waals surface area (Å²) >= 11 is 0. The zero-order valence-corrected chi connectivity index (χ0v) is 17.5. The molecule has 0 spiro atoms. The average Bonchev–Trinajstić information content (AvgIpc) is 3.10. The van der Waals surface area contributed by atoms with Crippen LogP contribution in [0.15, 0.2) is 30.3 Å². The molecule has 6 rings (SSSR count). The second kappa shape index (κ2) is 7.39. The van der Waals surface area contributed by atoms with Gasteiger partial charge in [-0.1, -0.05) is 18.2 Å². The number of ether oxygens (including phenoxy) is 1. The molecule has 7 heteroatoms. The van der Waals surface area contributed by atoms with Crippen LogP contribution in [0.25, 0.3) is 0 Å². The highest BCUT2D eigenvalue weighted by Crippen LogP contribution is 2.69. The van der Waals surface area contributed by atoms with Crippen LogP contribution in [0.2, 0.25) is 0 Å². The van der Waals surface area contributed by atoms with Gasteiger partial charge in [-0.15, -0.1) is 0 Å². The quantitative estimate of drug-likeness (QED) is 0.703. The number of H-pyrrole nitrogens is 1. The first-order valence-electron chi connectivity index (χ1n) is 11.5. The molecule has 5 atom stereocenters. The molecule has 2 bridgehead atoms. The molecule has 0 saturated heterocycles. The molecule has 2 N–H and O–H groups in total. The Morgan fingerprint density at radius 2 is 1.94 bits per heavy atom. The number of aromatic nitrogens is 2. The summed E-state index contributed by atoms with van der Waals surface area (Å²) in [5.74, 6) is 4.12. The van der Waals surface area contributed by atoms with E-state index in [1.54, 1.807) is 0 Å². The minimum atomic E-state index is -0.192. The molecule has 0 radical (unpaired) electrons. The Morgan fingerprint density at radius 1 is 1.16 bits per heavy atom. The van der Waals surface area contributed by atoms with Crippen molar-refractivity contribution in [2.75, 3.05) is 19.7 Å². The van der Waals surface area contributed by atoms with Gasteiger partial charge in [-0.3, -0.25) is 14.7 Å². The van der Waals surface area contributed by atoms with Crippen molar-refractivity contribution in [2.24, 2.45) is 29.6 Å². The van der Waals surface area contributed by atoms with E-state index in [-0.39, 0.29) is 11.8 Å². The second-order valence-electron chi connectivity index (χ2n) is 9.47. The maximum Gasteiger partial charge on any atom is 0.272 e. The number of nitrogens with one attached hydrogen (secondary N) is 2. The van der Waals surface area contributed by atoms with Crippen LogP contribution < -0.4 is 10.1 Å². The lowest BCUT2D eigenvalue weighted by molar-refractivity contribution is -0.134. The van der Waals surface area contributed by atoms with Crippen LogP contribution >= 0.6 is 0 Å². The third-order valence-electron chi connectivity index (χ3n) is 7.88. The molecular formula is C24H28N4O3. The van der Waals surface area contributed by atoms with Crippen molar-refractivity contribution in [1.82, 2.24) is 20.4 Å². The van der Waals surface area contributed by atoms with Crippen LogP contribution in [0.4, 0.5) is 0 Å². The van der Waals surface area contributed by atoms with Crippen molar-refractivity contribution in [3.63, 3.8) is 0 Å². The molecule has 2 amide bonds. The van der Waals surface area contributed by atoms with Crippen molar-refractivity contribution < 1.29 is 14.3 Å². The Labute approximate surface area is 181 Å². The van der Waals surface area contributed by atoms with Crippen LogP contribution in [0.5, 0.6) is 5.75 Å². The van der Waals surface area contributed by atoms with Gasteiger partial charge in [0.05, 0.1) is 18.8 Å². The number of amides is 2. The van der Waals surface area contributed by atoms with Gasteiger partial charge in [0.1, 0.15) is 12.4 Å². The first kappa shape index (κ1) is 18.9. The van der Waals surface area contributed by atoms with Crippen molar-refractivity contribution in [3.05, 3.63) is 47.3 Å². The number of rotatable bonds is 6. The highest BCUT2D eigenvalue weighted by Gasteiger charge is 2.68. The van der Waals surface area contributed by atoms with Gasteiger partial charge >= 0.3 is 0 Å². The van der Waals surface area contributed by atoms with Gasteiger partial charge in [0.25, 0.3) is 5.91 Å². The smallest absolute Gasteiger partial charge is 0.272 e. The molecule has 3 saturated carbocycles. The van der Waals surface area contributed by atoms with E-state index in [1.807, 2.05) is 35.2 Å². The normalized spacial score (nSPS) is 29.9. The van der Waals surface area contributed by atoms with E-state index < -0.39 is 0 Å². The molecule has 162 valence electrons. The third kappa shape index (κ3) is 3.22. The number of carbonyl (C=O) groups excluding carboxylic acids is 2. The van der Waals surface area contributed by atoms with Crippen molar-refractivity contribution in [2.45, 2.75) is 32.2 Å². The maximum atomic E-state index is 13.1. The number of nitrogens with zero attached hydrogens (tertiary/aromatic N) is 2. The van der Waals surface area contributed by atoms with Gasteiger partial charge in [-0.25, -0.2) is 0 Å². The number of hydrogen-bond donors (Lipinski definition) is 2. The van der Waals surface area contributed by atoms with Gasteiger partial charge in [0.2, 0.25) is 5.91 Å². The zero-order chi connectivity index (χ0) is 20.9. The summed E-state index contributed by atoms with van der Waals surface area (Å²) < 4.78 is 5.62. The average molecular weight is 421 g/mol. The molecule has 1 aromatic heterocycles. The minimum absolute atomic E-state index is 0.192. The molecule has 2 aromatic rings. The van der Waals surface area contributed by atoms with Gasteiger partial charge in [-0.05, 0) is 61.5 Å². The number of aromatic amines is 1. The Kier molecular flexibility index (Phi) is 4.51. The third-order valence-corrected chi connectivity index (χ3v) is 7.88. The van der Waals surface area contributed by atoms with Crippen LogP contribution in [0.1, 0.15) is 41.0 Å². The largest absolute Gasteiger partial charge is 0.492 e. The van der Waals surface area contributed by atoms with E-state index in [0.29, 0.717) is 56.1 Å². The van der Waals surface area contributed by atoms with E-state index in [1.165, 1.54) is 19.3 Å². The summed E-state index contributed by atoms with van der Waals surface area (Å²) in [7, 11) is 0. The van der Waals surface area contributed by atoms with Crippen molar-refractivity contribution in [1.29, 1.82) is 0 Å². The first-order chi connectivity index (χ1) is 15.2. The minimum Gasteiger partial charge on any atom is -0.492 e. The topological polar surface area (TPSA) is 87.3 Å². The van der Waals surface area contributed by atoms with Crippen LogP contribution in [-0.4, -0.2) is 46.6 Å². The van der Waals surface area contributed by atoms with Gasteiger partial charge < -0.3 is 15.0 Å². The predicted molar refractivity (Wildman–Crippen MR) is 113 cm³/mol. The fraction of sp³-hybridized carbons (Fsp3) is 0.542. The van der Waals surface area contributed by atoms with Crippen molar-refractivity contribution in [3.8, 4) is 5.75 Å². The van der Waals surface area contributed by atoms with E-state index >= 15 is 0 Å². The van der Waals surface area contributed by atoms with Gasteiger partial charge in [0.15, 0.2) is 5.69 Å². The molecule has 3 fully saturated rings. The maximum absolute atomic E-state index is 13.1. The highest BCUT2D eigenvalue weighted by atomic mass is 16.5. The van der Waals surface area contributed by atoms with Crippen LogP contribution in [0, 0.1) is 29.6 Å². The molecule has 31 heavy (non-hydrogen) atoms. The van der Waals surface area contributed by atoms with Gasteiger partial charge in [0, 0.05) is 18.0 Å². The molecular weight excluding hydrogens is 392 g/mol. The summed E-state index contributed by atoms with van der Waals surface area (Å²) in [6.07, 6.45) is 4.69. The number of benzene rings is 1. The predicted octanol–water partition coefficient (Wildman–Crippen LogP) is 2.40. The summed E-state index contributed by atoms with van der Waals surface area (Å²) in [6, 6.07) is 9.54. The van der Waals surface area contributed by atoms with Gasteiger partial charge in [-0.2, -0.15) is 5.10 Å². The molecule has 1 aliphatic heterocycles. The Bertz CT molecular complexity index is 988. The number of para-hydroxylation sites is 1. The van der Waals surface area contributed by atoms with E-state index in [2.05, 4.69) is 15.5 Å². The molecule has 2 heterocycles. The first-order valence-corrected chi connectivity index (χ1v) is 11.5. The fourth-order valence-corrected chi connectivity index (χ4v) is 6.49. The summed E-state index contributed by atoms with van der Waals surface area (Å²) in [4.78, 5) is 27.7. The van der Waals surface area contributed by atoms with E-state index in [9.17, 15) is 9.59 Å². The molecule has 1 aromatic carbocycles. The Balaban J connectivity index is 1.03. The zero-order valence-electron chi connectivity index (χ0n) is 17.5. The lowest BCUT2D eigenvalue weighted by Crippen LogP contribution is -2.38. The Morgan fingerprint density at radius 3 is 2.71 bits per heavy atom. The van der Waals surface area contributed by atoms with Crippen molar-refractivity contribution >= 4 is 11.8 Å². The highest BCUT2D eigenvalue weighted by molar-refractivity contribution is 5.94. The fourth-order valence-electron chi connectivity index (χ4n) is 6.49. The standard InChI is InChI=1S/C24H28N4O3/c29-23(25-9-11-31-16-4-2-1-3-5-16)22-17-8-10-28(13-18(17)26-27-22)24(30)21-19-14-6-7-15(12-14)20(19)21/h1-5,14-15,19-21H,6-13H2,(H,25,29)(H,26,27)/t14-,15+,19+,20-,21?. The summed E-state index contributed by atoms with van der Waals surface area (Å²) in [5.41, 5.74) is 2.30. The lowest BCUT2D eigenvalue weighted by Gasteiger charge is -2.28. The van der Waals surface area contributed by atoms with E-state index in [4.69, 9.17) is 4.74 Å². The summed E-state index contributed by atoms with van der Waals surface area (Å²) in [5, 5.41) is 10.2.